The summed E-state index contributed by atoms with van der Waals surface area (Å²) in [6, 6.07) is 6.65. The summed E-state index contributed by atoms with van der Waals surface area (Å²) in [5, 5.41) is 13.9. The summed E-state index contributed by atoms with van der Waals surface area (Å²) >= 11 is 0. The lowest BCUT2D eigenvalue weighted by molar-refractivity contribution is -0.384. The summed E-state index contributed by atoms with van der Waals surface area (Å²) in [5.41, 5.74) is 3.75. The van der Waals surface area contributed by atoms with Crippen LogP contribution in [0.5, 0.6) is 0 Å². The summed E-state index contributed by atoms with van der Waals surface area (Å²) in [4.78, 5) is 23.5. The lowest BCUT2D eigenvalue weighted by Crippen LogP contribution is -2.45. The Morgan fingerprint density at radius 1 is 1.07 bits per heavy atom. The molecule has 9 heteroatoms. The maximum atomic E-state index is 12.9. The Morgan fingerprint density at radius 3 is 2.10 bits per heavy atom. The van der Waals surface area contributed by atoms with Crippen molar-refractivity contribution < 1.29 is 18.1 Å². The standard InChI is InChI=1S/C20H25N3O5S/c1-12-9-14(3)19(15(4)10-12)21-20(24)16(5)22(29(6,27)28)18-11-17(23(25)26)8-7-13(18)2/h7-11,16H,1-6H3,(H,21,24)/t16-/m0/s1. The quantitative estimate of drug-likeness (QED) is 0.568. The SMILES string of the molecule is Cc1cc(C)c(NC(=O)[C@H](C)N(c2cc([N+](=O)[O-])ccc2C)S(C)(=O)=O)c(C)c1. The molecule has 0 aliphatic rings. The second kappa shape index (κ2) is 8.20. The minimum atomic E-state index is -3.90. The Balaban J connectivity index is 2.48. The van der Waals surface area contributed by atoms with Crippen molar-refractivity contribution in [2.75, 3.05) is 15.9 Å². The number of benzene rings is 2. The van der Waals surface area contributed by atoms with E-state index < -0.39 is 26.9 Å². The van der Waals surface area contributed by atoms with E-state index in [9.17, 15) is 23.3 Å². The molecule has 0 aliphatic carbocycles. The second-order valence-electron chi connectivity index (χ2n) is 7.23. The van der Waals surface area contributed by atoms with Gasteiger partial charge in [0, 0.05) is 17.8 Å². The number of hydrogen-bond donors (Lipinski definition) is 1. The number of amides is 1. The number of hydrogen-bond acceptors (Lipinski definition) is 5. The highest BCUT2D eigenvalue weighted by Crippen LogP contribution is 2.30. The number of carbonyl (C=O) groups is 1. The molecule has 0 fully saturated rings. The van der Waals surface area contributed by atoms with E-state index in [1.54, 1.807) is 6.92 Å². The number of anilines is 2. The summed E-state index contributed by atoms with van der Waals surface area (Å²) in [7, 11) is -3.90. The third-order valence-corrected chi connectivity index (χ3v) is 5.88. The molecule has 0 bridgehead atoms. The van der Waals surface area contributed by atoms with Crippen LogP contribution in [0.15, 0.2) is 30.3 Å². The Morgan fingerprint density at radius 2 is 1.62 bits per heavy atom. The van der Waals surface area contributed by atoms with E-state index in [-0.39, 0.29) is 11.4 Å². The predicted molar refractivity (Wildman–Crippen MR) is 114 cm³/mol. The van der Waals surface area contributed by atoms with E-state index in [1.165, 1.54) is 25.1 Å². The summed E-state index contributed by atoms with van der Waals surface area (Å²) in [6.07, 6.45) is 0.970. The highest BCUT2D eigenvalue weighted by molar-refractivity contribution is 7.92. The molecule has 0 aliphatic heterocycles. The van der Waals surface area contributed by atoms with Gasteiger partial charge in [-0.25, -0.2) is 8.42 Å². The molecule has 0 radical (unpaired) electrons. The molecule has 2 aromatic carbocycles. The van der Waals surface area contributed by atoms with Crippen molar-refractivity contribution in [2.24, 2.45) is 0 Å². The van der Waals surface area contributed by atoms with Crippen LogP contribution in [0.2, 0.25) is 0 Å². The van der Waals surface area contributed by atoms with Gasteiger partial charge >= 0.3 is 0 Å². The minimum Gasteiger partial charge on any atom is -0.324 e. The number of nitrogens with zero attached hydrogens (tertiary/aromatic N) is 2. The molecule has 1 amide bonds. The van der Waals surface area contributed by atoms with Crippen LogP contribution in [-0.4, -0.2) is 31.5 Å². The van der Waals surface area contributed by atoms with Crippen LogP contribution in [0.25, 0.3) is 0 Å². The number of rotatable bonds is 6. The fourth-order valence-corrected chi connectivity index (χ4v) is 4.56. The van der Waals surface area contributed by atoms with E-state index in [1.807, 2.05) is 32.9 Å². The lowest BCUT2D eigenvalue weighted by atomic mass is 10.0. The van der Waals surface area contributed by atoms with E-state index in [0.29, 0.717) is 11.3 Å². The zero-order valence-corrected chi connectivity index (χ0v) is 18.1. The van der Waals surface area contributed by atoms with Crippen LogP contribution in [-0.2, 0) is 14.8 Å². The summed E-state index contributed by atoms with van der Waals surface area (Å²) in [6.45, 7) is 8.76. The molecule has 0 spiro atoms. The molecule has 0 aromatic heterocycles. The van der Waals surface area contributed by atoms with Crippen LogP contribution in [0.1, 0.15) is 29.2 Å². The van der Waals surface area contributed by atoms with Crippen LogP contribution in [0.4, 0.5) is 17.1 Å². The first kappa shape index (κ1) is 22.4. The topological polar surface area (TPSA) is 110 Å². The molecule has 0 heterocycles. The smallest absolute Gasteiger partial charge is 0.271 e. The van der Waals surface area contributed by atoms with Gasteiger partial charge in [-0.1, -0.05) is 23.8 Å². The van der Waals surface area contributed by atoms with Gasteiger partial charge in [0.05, 0.1) is 16.9 Å². The van der Waals surface area contributed by atoms with Gasteiger partial charge in [0.15, 0.2) is 0 Å². The average molecular weight is 420 g/mol. The number of non-ortho nitro benzene ring substituents is 1. The first-order valence-electron chi connectivity index (χ1n) is 8.96. The van der Waals surface area contributed by atoms with Crippen molar-refractivity contribution in [2.45, 2.75) is 40.7 Å². The summed E-state index contributed by atoms with van der Waals surface area (Å²) in [5.74, 6) is -0.531. The Kier molecular flexibility index (Phi) is 6.32. The van der Waals surface area contributed by atoms with Crippen molar-refractivity contribution in [3.05, 3.63) is 62.7 Å². The monoisotopic (exact) mass is 419 g/mol. The first-order chi connectivity index (χ1) is 13.3. The maximum absolute atomic E-state index is 12.9. The van der Waals surface area contributed by atoms with Crippen molar-refractivity contribution in [1.82, 2.24) is 0 Å². The largest absolute Gasteiger partial charge is 0.324 e. The van der Waals surface area contributed by atoms with Crippen molar-refractivity contribution in [1.29, 1.82) is 0 Å². The Hall–Kier alpha value is -2.94. The molecular weight excluding hydrogens is 394 g/mol. The van der Waals surface area contributed by atoms with E-state index in [0.717, 1.165) is 27.3 Å². The molecule has 1 atom stereocenters. The number of nitro groups is 1. The number of aryl methyl sites for hydroxylation is 4. The molecule has 29 heavy (non-hydrogen) atoms. The maximum Gasteiger partial charge on any atom is 0.271 e. The number of carbonyl (C=O) groups excluding carboxylic acids is 1. The van der Waals surface area contributed by atoms with Gasteiger partial charge in [0.25, 0.3) is 5.69 Å². The third kappa shape index (κ3) is 4.92. The molecule has 0 unspecified atom stereocenters. The van der Waals surface area contributed by atoms with E-state index in [4.69, 9.17) is 0 Å². The molecule has 0 saturated heterocycles. The van der Waals surface area contributed by atoms with Gasteiger partial charge in [-0.3, -0.25) is 19.2 Å². The fourth-order valence-electron chi connectivity index (χ4n) is 3.33. The molecule has 8 nitrogen and oxygen atoms in total. The summed E-state index contributed by atoms with van der Waals surface area (Å²) < 4.78 is 26.0. The van der Waals surface area contributed by atoms with Crippen molar-refractivity contribution in [3.63, 3.8) is 0 Å². The van der Waals surface area contributed by atoms with Gasteiger partial charge in [-0.15, -0.1) is 0 Å². The van der Waals surface area contributed by atoms with Gasteiger partial charge in [0.1, 0.15) is 6.04 Å². The number of nitrogens with one attached hydrogen (secondary N) is 1. The van der Waals surface area contributed by atoms with Crippen LogP contribution in [0, 0.1) is 37.8 Å². The van der Waals surface area contributed by atoms with Crippen LogP contribution in [0.3, 0.4) is 0 Å². The highest BCUT2D eigenvalue weighted by atomic mass is 32.2. The zero-order valence-electron chi connectivity index (χ0n) is 17.3. The lowest BCUT2D eigenvalue weighted by Gasteiger charge is -2.29. The molecular formula is C20H25N3O5S. The molecule has 2 aromatic rings. The van der Waals surface area contributed by atoms with Crippen molar-refractivity contribution >= 4 is 33.0 Å². The minimum absolute atomic E-state index is 0.0988. The fraction of sp³-hybridized carbons (Fsp3) is 0.350. The third-order valence-electron chi connectivity index (χ3n) is 4.65. The molecule has 2 rings (SSSR count). The first-order valence-corrected chi connectivity index (χ1v) is 10.8. The number of sulfonamides is 1. The average Bonchev–Trinajstić information content (AvgIpc) is 2.58. The predicted octanol–water partition coefficient (Wildman–Crippen LogP) is 3.62. The van der Waals surface area contributed by atoms with Gasteiger partial charge in [-0.05, 0) is 51.3 Å². The van der Waals surface area contributed by atoms with E-state index in [2.05, 4.69) is 5.32 Å². The Bertz CT molecular complexity index is 1060. The Labute approximate surface area is 170 Å². The van der Waals surface area contributed by atoms with Crippen LogP contribution >= 0.6 is 0 Å². The highest BCUT2D eigenvalue weighted by Gasteiger charge is 2.31. The zero-order chi connectivity index (χ0) is 22.1. The normalized spacial score (nSPS) is 12.3. The van der Waals surface area contributed by atoms with Gasteiger partial charge in [0.2, 0.25) is 15.9 Å². The van der Waals surface area contributed by atoms with Gasteiger partial charge < -0.3 is 5.32 Å². The molecule has 0 saturated carbocycles. The van der Waals surface area contributed by atoms with Crippen molar-refractivity contribution in [3.8, 4) is 0 Å². The van der Waals surface area contributed by atoms with Crippen LogP contribution < -0.4 is 9.62 Å². The second-order valence-corrected chi connectivity index (χ2v) is 9.09. The van der Waals surface area contributed by atoms with E-state index >= 15 is 0 Å². The number of nitro benzene ring substituents is 1. The van der Waals surface area contributed by atoms with Gasteiger partial charge in [-0.2, -0.15) is 0 Å². The molecule has 156 valence electrons. The molecule has 1 N–H and O–H groups in total.